The smallest absolute Gasteiger partial charge is 0.251 e. The zero-order valence-electron chi connectivity index (χ0n) is 18.9. The van der Waals surface area contributed by atoms with Gasteiger partial charge in [0.05, 0.1) is 6.04 Å². The second-order valence-electron chi connectivity index (χ2n) is 8.60. The molecule has 1 heterocycles. The Morgan fingerprint density at radius 1 is 0.886 bits per heavy atom. The van der Waals surface area contributed by atoms with E-state index in [9.17, 15) is 14.4 Å². The minimum Gasteiger partial charge on any atom is -0.361 e. The molecule has 0 spiro atoms. The Morgan fingerprint density at radius 3 is 2.34 bits per heavy atom. The maximum Gasteiger partial charge on any atom is 0.251 e. The van der Waals surface area contributed by atoms with Crippen molar-refractivity contribution in [2.75, 3.05) is 6.54 Å². The number of para-hydroxylation sites is 1. The van der Waals surface area contributed by atoms with Gasteiger partial charge in [-0.25, -0.2) is 0 Å². The number of Topliss-reactive ketones (excluding diaryl/α,β-unsaturated/α-hetero) is 2. The van der Waals surface area contributed by atoms with E-state index in [-0.39, 0.29) is 17.5 Å². The standard InChI is InChI=1S/C28H24ClN3O3/c29-24-25(27(34)22-7-2-1-6-21(22)26(24)33)32-15-17-9-11-18(12-10-17)28(35)30-14-13-19-16-31-23-8-4-3-5-20(19)23/h1-12,16,24-25,31-32H,13-15H2,(H,30,35). The number of fused-ring (bicyclic) bond motifs is 2. The molecule has 0 saturated heterocycles. The van der Waals surface area contributed by atoms with Crippen molar-refractivity contribution < 1.29 is 14.4 Å². The molecule has 0 bridgehead atoms. The quantitative estimate of drug-likeness (QED) is 0.341. The van der Waals surface area contributed by atoms with Crippen LogP contribution in [0, 0.1) is 0 Å². The van der Waals surface area contributed by atoms with Gasteiger partial charge in [0.2, 0.25) is 0 Å². The molecule has 7 heteroatoms. The first-order chi connectivity index (χ1) is 17.0. The number of aromatic nitrogens is 1. The molecule has 0 radical (unpaired) electrons. The Morgan fingerprint density at radius 2 is 1.57 bits per heavy atom. The lowest BCUT2D eigenvalue weighted by atomic mass is 9.85. The van der Waals surface area contributed by atoms with Crippen molar-refractivity contribution in [3.63, 3.8) is 0 Å². The maximum atomic E-state index is 12.8. The van der Waals surface area contributed by atoms with Crippen LogP contribution in [0.2, 0.25) is 0 Å². The van der Waals surface area contributed by atoms with Gasteiger partial charge in [0.1, 0.15) is 5.38 Å². The van der Waals surface area contributed by atoms with Crippen LogP contribution in [-0.4, -0.2) is 40.4 Å². The van der Waals surface area contributed by atoms with Crippen LogP contribution in [0.15, 0.2) is 79.0 Å². The third kappa shape index (κ3) is 4.63. The Hall–Kier alpha value is -3.74. The van der Waals surface area contributed by atoms with Crippen molar-refractivity contribution in [1.29, 1.82) is 0 Å². The number of halogens is 1. The number of nitrogens with one attached hydrogen (secondary N) is 3. The lowest BCUT2D eigenvalue weighted by Gasteiger charge is -2.27. The van der Waals surface area contributed by atoms with E-state index in [0.29, 0.717) is 29.8 Å². The normalized spacial score (nSPS) is 17.4. The zero-order chi connectivity index (χ0) is 24.4. The number of hydrogen-bond acceptors (Lipinski definition) is 4. The minimum atomic E-state index is -0.959. The van der Waals surface area contributed by atoms with Crippen molar-refractivity contribution in [3.05, 3.63) is 107 Å². The van der Waals surface area contributed by atoms with Crippen LogP contribution < -0.4 is 10.6 Å². The van der Waals surface area contributed by atoms with Gasteiger partial charge in [-0.3, -0.25) is 14.4 Å². The molecule has 1 aliphatic rings. The van der Waals surface area contributed by atoms with Crippen LogP contribution in [0.25, 0.3) is 10.9 Å². The van der Waals surface area contributed by atoms with Gasteiger partial charge in [0.15, 0.2) is 11.6 Å². The number of carbonyl (C=O) groups is 3. The summed E-state index contributed by atoms with van der Waals surface area (Å²) in [5.74, 6) is -0.583. The van der Waals surface area contributed by atoms with E-state index in [1.54, 1.807) is 36.4 Å². The molecular weight excluding hydrogens is 462 g/mol. The fourth-order valence-corrected chi connectivity index (χ4v) is 4.78. The summed E-state index contributed by atoms with van der Waals surface area (Å²) >= 11 is 6.32. The first-order valence-electron chi connectivity index (χ1n) is 11.5. The van der Waals surface area contributed by atoms with Gasteiger partial charge in [-0.2, -0.15) is 0 Å². The topological polar surface area (TPSA) is 91.1 Å². The van der Waals surface area contributed by atoms with Gasteiger partial charge >= 0.3 is 0 Å². The first-order valence-corrected chi connectivity index (χ1v) is 11.9. The lowest BCUT2D eigenvalue weighted by Crippen LogP contribution is -2.50. The van der Waals surface area contributed by atoms with Crippen LogP contribution in [-0.2, 0) is 13.0 Å². The number of amides is 1. The molecule has 1 aliphatic carbocycles. The molecule has 3 aromatic carbocycles. The molecule has 0 saturated carbocycles. The molecule has 2 atom stereocenters. The molecule has 1 aromatic heterocycles. The summed E-state index contributed by atoms with van der Waals surface area (Å²) in [6.07, 6.45) is 2.71. The monoisotopic (exact) mass is 485 g/mol. The molecule has 4 aromatic rings. The number of hydrogen-bond donors (Lipinski definition) is 3. The third-order valence-corrected chi connectivity index (χ3v) is 6.83. The Bertz CT molecular complexity index is 1410. The average molecular weight is 486 g/mol. The number of alkyl halides is 1. The van der Waals surface area contributed by atoms with Crippen molar-refractivity contribution in [1.82, 2.24) is 15.6 Å². The third-order valence-electron chi connectivity index (χ3n) is 6.38. The number of benzene rings is 3. The summed E-state index contributed by atoms with van der Waals surface area (Å²) in [7, 11) is 0. The number of carbonyl (C=O) groups excluding carboxylic acids is 3. The summed E-state index contributed by atoms with van der Waals surface area (Å²) in [5.41, 5.74) is 4.45. The summed E-state index contributed by atoms with van der Waals surface area (Å²) in [4.78, 5) is 41.2. The second kappa shape index (κ2) is 9.86. The van der Waals surface area contributed by atoms with Crippen LogP contribution >= 0.6 is 11.6 Å². The van der Waals surface area contributed by atoms with Gasteiger partial charge in [-0.05, 0) is 35.7 Å². The molecule has 176 valence electrons. The molecule has 1 amide bonds. The van der Waals surface area contributed by atoms with Gasteiger partial charge < -0.3 is 15.6 Å². The minimum absolute atomic E-state index is 0.144. The largest absolute Gasteiger partial charge is 0.361 e. The Kier molecular flexibility index (Phi) is 6.49. The highest BCUT2D eigenvalue weighted by Gasteiger charge is 2.39. The average Bonchev–Trinajstić information content (AvgIpc) is 3.31. The van der Waals surface area contributed by atoms with E-state index >= 15 is 0 Å². The van der Waals surface area contributed by atoms with Gasteiger partial charge in [0, 0.05) is 46.9 Å². The zero-order valence-corrected chi connectivity index (χ0v) is 19.6. The molecule has 2 unspecified atom stereocenters. The molecular formula is C28H24ClN3O3. The molecule has 3 N–H and O–H groups in total. The molecule has 35 heavy (non-hydrogen) atoms. The molecule has 0 aliphatic heterocycles. The van der Waals surface area contributed by atoms with Crippen LogP contribution in [0.4, 0.5) is 0 Å². The van der Waals surface area contributed by atoms with E-state index < -0.39 is 11.4 Å². The van der Waals surface area contributed by atoms with Gasteiger partial charge in [0.25, 0.3) is 5.91 Å². The van der Waals surface area contributed by atoms with E-state index in [1.165, 1.54) is 10.9 Å². The predicted molar refractivity (Wildman–Crippen MR) is 136 cm³/mol. The van der Waals surface area contributed by atoms with Crippen LogP contribution in [0.5, 0.6) is 0 Å². The second-order valence-corrected chi connectivity index (χ2v) is 9.07. The van der Waals surface area contributed by atoms with Crippen LogP contribution in [0.3, 0.4) is 0 Å². The van der Waals surface area contributed by atoms with Crippen molar-refractivity contribution in [2.24, 2.45) is 0 Å². The predicted octanol–water partition coefficient (Wildman–Crippen LogP) is 4.29. The Labute approximate surface area is 207 Å². The van der Waals surface area contributed by atoms with E-state index in [0.717, 1.165) is 17.5 Å². The number of aromatic amines is 1. The summed E-state index contributed by atoms with van der Waals surface area (Å²) in [6.45, 7) is 0.873. The van der Waals surface area contributed by atoms with E-state index in [1.807, 2.05) is 36.5 Å². The van der Waals surface area contributed by atoms with E-state index in [4.69, 9.17) is 11.6 Å². The fraction of sp³-hybridized carbons (Fsp3) is 0.179. The number of H-pyrrole nitrogens is 1. The summed E-state index contributed by atoms with van der Waals surface area (Å²) in [5, 5.41) is 6.29. The van der Waals surface area contributed by atoms with Crippen molar-refractivity contribution >= 4 is 40.0 Å². The van der Waals surface area contributed by atoms with E-state index in [2.05, 4.69) is 21.7 Å². The summed E-state index contributed by atoms with van der Waals surface area (Å²) in [6, 6.07) is 21.2. The molecule has 0 fully saturated rings. The van der Waals surface area contributed by atoms with Crippen LogP contribution in [0.1, 0.15) is 42.2 Å². The number of rotatable bonds is 7. The Balaban J connectivity index is 1.16. The van der Waals surface area contributed by atoms with Crippen molar-refractivity contribution in [2.45, 2.75) is 24.4 Å². The molecule has 5 rings (SSSR count). The first kappa shape index (κ1) is 23.0. The molecule has 6 nitrogen and oxygen atoms in total. The maximum absolute atomic E-state index is 12.8. The van der Waals surface area contributed by atoms with Gasteiger partial charge in [-0.15, -0.1) is 11.6 Å². The SMILES string of the molecule is O=C(NCCc1c[nH]c2ccccc12)c1ccc(CNC2C(=O)c3ccccc3C(=O)C2Cl)cc1. The highest BCUT2D eigenvalue weighted by atomic mass is 35.5. The summed E-state index contributed by atoms with van der Waals surface area (Å²) < 4.78 is 0. The number of ketones is 2. The van der Waals surface area contributed by atoms with Crippen molar-refractivity contribution in [3.8, 4) is 0 Å². The highest BCUT2D eigenvalue weighted by molar-refractivity contribution is 6.39. The lowest BCUT2D eigenvalue weighted by molar-refractivity contribution is 0.0853. The van der Waals surface area contributed by atoms with Gasteiger partial charge in [-0.1, -0.05) is 54.6 Å². The highest BCUT2D eigenvalue weighted by Crippen LogP contribution is 2.25. The fourth-order valence-electron chi connectivity index (χ4n) is 4.46.